The molecule has 0 bridgehead atoms. The van der Waals surface area contributed by atoms with Crippen molar-refractivity contribution in [2.75, 3.05) is 10.6 Å². The third-order valence-corrected chi connectivity index (χ3v) is 8.64. The lowest BCUT2D eigenvalue weighted by atomic mass is 10.1. The number of nitrogens with one attached hydrogen (secondary N) is 4. The molecule has 1 aromatic heterocycles. The van der Waals surface area contributed by atoms with Crippen LogP contribution in [0, 0.1) is 0 Å². The van der Waals surface area contributed by atoms with Crippen LogP contribution < -0.4 is 20.7 Å². The number of halogens is 1. The standard InChI is InChI=1S/C24H23ClN6O4S/c25-19-12-26-23(29-16-6-3-14-9-20-21(18(14)10-16)30-24(32)35-20)31-22(19)28-15-4-1-13(2-5-15)11-27-36(33,34)17-7-8-17/h1-6,10,12,17,20-21,27H,7-9,11H2,(H,30,32)(H2,26,28,29,31)/t20-,21+/m0/s1. The second-order valence-corrected chi connectivity index (χ2v) is 11.5. The van der Waals surface area contributed by atoms with Crippen LogP contribution in [-0.4, -0.2) is 35.8 Å². The third kappa shape index (κ3) is 4.69. The molecule has 6 rings (SSSR count). The Balaban J connectivity index is 1.13. The van der Waals surface area contributed by atoms with Crippen molar-refractivity contribution in [3.63, 3.8) is 0 Å². The van der Waals surface area contributed by atoms with Gasteiger partial charge in [-0.05, 0) is 53.8 Å². The van der Waals surface area contributed by atoms with E-state index in [1.807, 2.05) is 42.5 Å². The molecule has 2 aliphatic carbocycles. The number of nitrogens with zero attached hydrogens (tertiary/aromatic N) is 2. The second kappa shape index (κ2) is 8.91. The number of ether oxygens (including phenoxy) is 1. The minimum Gasteiger partial charge on any atom is -0.443 e. The molecule has 2 atom stereocenters. The van der Waals surface area contributed by atoms with Crippen LogP contribution in [-0.2, 0) is 27.7 Å². The third-order valence-electron chi connectivity index (χ3n) is 6.46. The number of benzene rings is 2. The summed E-state index contributed by atoms with van der Waals surface area (Å²) in [6.07, 6.45) is 3.10. The van der Waals surface area contributed by atoms with Gasteiger partial charge in [0, 0.05) is 24.3 Å². The Morgan fingerprint density at radius 3 is 2.64 bits per heavy atom. The number of carbonyl (C=O) groups is 1. The topological polar surface area (TPSA) is 134 Å². The highest BCUT2D eigenvalue weighted by molar-refractivity contribution is 7.90. The fourth-order valence-electron chi connectivity index (χ4n) is 4.43. The van der Waals surface area contributed by atoms with Gasteiger partial charge in [0.25, 0.3) is 0 Å². The molecular formula is C24H23ClN6O4S. The van der Waals surface area contributed by atoms with Gasteiger partial charge in [0.05, 0.1) is 17.5 Å². The minimum absolute atomic E-state index is 0.149. The van der Waals surface area contributed by atoms with Crippen molar-refractivity contribution in [1.82, 2.24) is 20.0 Å². The van der Waals surface area contributed by atoms with Crippen LogP contribution in [0.1, 0.15) is 35.6 Å². The van der Waals surface area contributed by atoms with Crippen molar-refractivity contribution < 1.29 is 17.9 Å². The summed E-state index contributed by atoms with van der Waals surface area (Å²) in [6.45, 7) is 0.250. The minimum atomic E-state index is -3.22. The molecule has 1 amide bonds. The predicted molar refractivity (Wildman–Crippen MR) is 135 cm³/mol. The van der Waals surface area contributed by atoms with E-state index in [0.29, 0.717) is 23.2 Å². The lowest BCUT2D eigenvalue weighted by molar-refractivity contribution is 0.136. The van der Waals surface area contributed by atoms with Gasteiger partial charge < -0.3 is 20.7 Å². The molecule has 2 fully saturated rings. The first-order chi connectivity index (χ1) is 17.3. The number of hydrogen-bond donors (Lipinski definition) is 4. The van der Waals surface area contributed by atoms with Crippen LogP contribution in [0.4, 0.5) is 27.9 Å². The number of amides is 1. The van der Waals surface area contributed by atoms with E-state index in [4.69, 9.17) is 16.3 Å². The van der Waals surface area contributed by atoms with E-state index in [2.05, 4.69) is 30.6 Å². The molecule has 1 saturated carbocycles. The zero-order chi connectivity index (χ0) is 24.9. The van der Waals surface area contributed by atoms with Crippen LogP contribution >= 0.6 is 11.6 Å². The SMILES string of the molecule is O=C1N[C@@H]2c3cc(Nc4ncc(Cl)c(Nc5ccc(CNS(=O)(=O)C6CC6)cc5)n4)ccc3C[C@@H]2O1. The number of aromatic nitrogens is 2. The fourth-order valence-corrected chi connectivity index (χ4v) is 5.93. The highest BCUT2D eigenvalue weighted by atomic mass is 35.5. The first-order valence-corrected chi connectivity index (χ1v) is 13.5. The maximum Gasteiger partial charge on any atom is 0.408 e. The Labute approximate surface area is 212 Å². The highest BCUT2D eigenvalue weighted by Gasteiger charge is 2.41. The van der Waals surface area contributed by atoms with Crippen molar-refractivity contribution in [2.24, 2.45) is 0 Å². The molecular weight excluding hydrogens is 504 g/mol. The van der Waals surface area contributed by atoms with E-state index >= 15 is 0 Å². The average molecular weight is 527 g/mol. The lowest BCUT2D eigenvalue weighted by Gasteiger charge is -2.12. The van der Waals surface area contributed by atoms with Gasteiger partial charge in [-0.3, -0.25) is 0 Å². The summed E-state index contributed by atoms with van der Waals surface area (Å²) in [6, 6.07) is 13.1. The first-order valence-electron chi connectivity index (χ1n) is 11.6. The number of sulfonamides is 1. The molecule has 0 spiro atoms. The van der Waals surface area contributed by atoms with Gasteiger partial charge in [-0.25, -0.2) is 22.9 Å². The van der Waals surface area contributed by atoms with Crippen LogP contribution in [0.2, 0.25) is 5.02 Å². The summed E-state index contributed by atoms with van der Waals surface area (Å²) in [5.41, 5.74) is 4.53. The highest BCUT2D eigenvalue weighted by Crippen LogP contribution is 2.38. The zero-order valence-corrected chi connectivity index (χ0v) is 20.6. The molecule has 12 heteroatoms. The number of hydrogen-bond acceptors (Lipinski definition) is 8. The van der Waals surface area contributed by atoms with Crippen LogP contribution in [0.25, 0.3) is 0 Å². The van der Waals surface area contributed by atoms with E-state index in [0.717, 1.165) is 40.9 Å². The molecule has 10 nitrogen and oxygen atoms in total. The Bertz CT molecular complexity index is 1450. The van der Waals surface area contributed by atoms with E-state index in [1.165, 1.54) is 6.20 Å². The van der Waals surface area contributed by atoms with Crippen LogP contribution in [0.5, 0.6) is 0 Å². The van der Waals surface area contributed by atoms with Gasteiger partial charge in [0.15, 0.2) is 5.82 Å². The van der Waals surface area contributed by atoms with Gasteiger partial charge in [0.1, 0.15) is 11.1 Å². The van der Waals surface area contributed by atoms with E-state index in [-0.39, 0.29) is 23.9 Å². The van der Waals surface area contributed by atoms with Gasteiger partial charge in [-0.1, -0.05) is 29.8 Å². The maximum atomic E-state index is 12.0. The number of fused-ring (bicyclic) bond motifs is 3. The van der Waals surface area contributed by atoms with Gasteiger partial charge >= 0.3 is 6.09 Å². The number of rotatable bonds is 8. The summed E-state index contributed by atoms with van der Waals surface area (Å²) >= 11 is 6.32. The summed E-state index contributed by atoms with van der Waals surface area (Å²) in [7, 11) is -3.22. The second-order valence-electron chi connectivity index (χ2n) is 9.09. The Kier molecular flexibility index (Phi) is 5.70. The van der Waals surface area contributed by atoms with Crippen molar-refractivity contribution in [3.8, 4) is 0 Å². The summed E-state index contributed by atoms with van der Waals surface area (Å²) in [4.78, 5) is 20.3. The lowest BCUT2D eigenvalue weighted by Crippen LogP contribution is -2.26. The summed E-state index contributed by atoms with van der Waals surface area (Å²) in [5.74, 6) is 0.781. The Morgan fingerprint density at radius 2 is 1.86 bits per heavy atom. The number of carbonyl (C=O) groups excluding carboxylic acids is 1. The van der Waals surface area contributed by atoms with Gasteiger partial charge in [0.2, 0.25) is 16.0 Å². The number of anilines is 4. The molecule has 4 N–H and O–H groups in total. The fraction of sp³-hybridized carbons (Fsp3) is 0.292. The molecule has 186 valence electrons. The first kappa shape index (κ1) is 23.0. The van der Waals surface area contributed by atoms with E-state index < -0.39 is 16.1 Å². The Hall–Kier alpha value is -3.41. The summed E-state index contributed by atoms with van der Waals surface area (Å²) in [5, 5.41) is 9.33. The molecule has 1 saturated heterocycles. The molecule has 0 radical (unpaired) electrons. The smallest absolute Gasteiger partial charge is 0.408 e. The normalized spacial score (nSPS) is 20.3. The monoisotopic (exact) mass is 526 g/mol. The largest absolute Gasteiger partial charge is 0.443 e. The predicted octanol–water partition coefficient (Wildman–Crippen LogP) is 3.90. The molecule has 3 aliphatic rings. The van der Waals surface area contributed by atoms with Gasteiger partial charge in [-0.2, -0.15) is 4.98 Å². The van der Waals surface area contributed by atoms with Crippen molar-refractivity contribution in [3.05, 3.63) is 70.4 Å². The van der Waals surface area contributed by atoms with Crippen molar-refractivity contribution >= 4 is 50.9 Å². The number of alkyl carbamates (subject to hydrolysis) is 1. The van der Waals surface area contributed by atoms with Gasteiger partial charge in [-0.15, -0.1) is 0 Å². The van der Waals surface area contributed by atoms with E-state index in [1.54, 1.807) is 0 Å². The van der Waals surface area contributed by atoms with E-state index in [9.17, 15) is 13.2 Å². The quantitative estimate of drug-likeness (QED) is 0.347. The van der Waals surface area contributed by atoms with Crippen molar-refractivity contribution in [1.29, 1.82) is 0 Å². The average Bonchev–Trinajstić information content (AvgIpc) is 3.59. The zero-order valence-electron chi connectivity index (χ0n) is 19.0. The van der Waals surface area contributed by atoms with Crippen LogP contribution in [0.15, 0.2) is 48.7 Å². The van der Waals surface area contributed by atoms with Crippen LogP contribution in [0.3, 0.4) is 0 Å². The molecule has 1 aliphatic heterocycles. The molecule has 2 aromatic carbocycles. The molecule has 0 unspecified atom stereocenters. The molecule has 36 heavy (non-hydrogen) atoms. The maximum absolute atomic E-state index is 12.0. The Morgan fingerprint density at radius 1 is 1.08 bits per heavy atom. The molecule has 3 aromatic rings. The molecule has 2 heterocycles. The van der Waals surface area contributed by atoms with Crippen molar-refractivity contribution in [2.45, 2.75) is 43.2 Å². The summed E-state index contributed by atoms with van der Waals surface area (Å²) < 4.78 is 32.0.